The highest BCUT2D eigenvalue weighted by molar-refractivity contribution is 5.96. The monoisotopic (exact) mass is 284 g/mol. The molecule has 1 aromatic heterocycles. The van der Waals surface area contributed by atoms with Crippen molar-refractivity contribution in [2.45, 2.75) is 37.8 Å². The van der Waals surface area contributed by atoms with E-state index in [1.54, 1.807) is 6.07 Å². The van der Waals surface area contributed by atoms with Gasteiger partial charge in [0.1, 0.15) is 0 Å². The van der Waals surface area contributed by atoms with E-state index in [1.165, 1.54) is 0 Å². The normalized spacial score (nSPS) is 23.7. The fraction of sp³-hybridized carbons (Fsp3) is 0.400. The van der Waals surface area contributed by atoms with Gasteiger partial charge in [0.15, 0.2) is 5.82 Å². The second-order valence-electron chi connectivity index (χ2n) is 5.78. The van der Waals surface area contributed by atoms with Gasteiger partial charge >= 0.3 is 5.69 Å². The number of nitrogens with zero attached hydrogens (tertiary/aromatic N) is 2. The van der Waals surface area contributed by atoms with Crippen molar-refractivity contribution < 1.29 is 4.79 Å². The summed E-state index contributed by atoms with van der Waals surface area (Å²) in [6.45, 7) is 0. The van der Waals surface area contributed by atoms with Crippen LogP contribution in [0.2, 0.25) is 0 Å². The number of carbonyl (C=O) groups is 1. The lowest BCUT2D eigenvalue weighted by atomic mass is 10.0. The number of carbonyl (C=O) groups excluding carboxylic acids is 1. The minimum atomic E-state index is -0.348. The Morgan fingerprint density at radius 3 is 2.52 bits per heavy atom. The van der Waals surface area contributed by atoms with E-state index in [0.717, 1.165) is 31.2 Å². The van der Waals surface area contributed by atoms with Gasteiger partial charge in [0.05, 0.1) is 0 Å². The van der Waals surface area contributed by atoms with Gasteiger partial charge in [0, 0.05) is 23.2 Å². The molecule has 0 unspecified atom stereocenters. The van der Waals surface area contributed by atoms with Gasteiger partial charge in [-0.25, -0.2) is 9.89 Å². The Kier molecular flexibility index (Phi) is 2.70. The molecule has 6 heteroatoms. The van der Waals surface area contributed by atoms with Crippen molar-refractivity contribution in [3.8, 4) is 11.4 Å². The maximum absolute atomic E-state index is 12.7. The number of hydrogen-bond donors (Lipinski definition) is 2. The molecule has 4 rings (SSSR count). The van der Waals surface area contributed by atoms with Crippen molar-refractivity contribution in [3.63, 3.8) is 0 Å². The molecular weight excluding hydrogens is 268 g/mol. The highest BCUT2D eigenvalue weighted by atomic mass is 16.2. The van der Waals surface area contributed by atoms with Crippen LogP contribution < -0.4 is 5.69 Å². The molecule has 21 heavy (non-hydrogen) atoms. The molecule has 0 aliphatic carbocycles. The van der Waals surface area contributed by atoms with Crippen LogP contribution in [-0.4, -0.2) is 38.1 Å². The molecule has 0 saturated carbocycles. The lowest BCUT2D eigenvalue weighted by Crippen LogP contribution is -2.35. The Balaban J connectivity index is 1.66. The van der Waals surface area contributed by atoms with Crippen LogP contribution >= 0.6 is 0 Å². The summed E-state index contributed by atoms with van der Waals surface area (Å²) in [4.78, 5) is 28.5. The molecule has 1 aromatic carbocycles. The van der Waals surface area contributed by atoms with Crippen LogP contribution in [0.25, 0.3) is 11.4 Å². The standard InChI is InChI=1S/C15H16N4O2/c20-14(19-11-4-5-12(19)7-6-11)10-3-1-2-9(8-10)13-16-15(21)18-17-13/h1-3,8,11-12H,4-7H2,(H2,16,17,18,21). The summed E-state index contributed by atoms with van der Waals surface area (Å²) in [6.07, 6.45) is 4.51. The fourth-order valence-corrected chi connectivity index (χ4v) is 3.60. The quantitative estimate of drug-likeness (QED) is 0.877. The number of hydrogen-bond acceptors (Lipinski definition) is 3. The molecule has 2 fully saturated rings. The molecule has 2 aliphatic rings. The van der Waals surface area contributed by atoms with E-state index in [1.807, 2.05) is 23.1 Å². The minimum absolute atomic E-state index is 0.0970. The van der Waals surface area contributed by atoms with E-state index in [2.05, 4.69) is 15.2 Å². The first-order valence-electron chi connectivity index (χ1n) is 7.30. The van der Waals surface area contributed by atoms with E-state index >= 15 is 0 Å². The van der Waals surface area contributed by atoms with Gasteiger partial charge in [0.25, 0.3) is 5.91 Å². The van der Waals surface area contributed by atoms with Gasteiger partial charge < -0.3 is 4.90 Å². The minimum Gasteiger partial charge on any atom is -0.333 e. The summed E-state index contributed by atoms with van der Waals surface area (Å²) < 4.78 is 0. The summed E-state index contributed by atoms with van der Waals surface area (Å²) in [6, 6.07) is 8.11. The number of amides is 1. The van der Waals surface area contributed by atoms with Gasteiger partial charge in [-0.1, -0.05) is 12.1 Å². The zero-order valence-corrected chi connectivity index (χ0v) is 11.5. The Hall–Kier alpha value is -2.37. The first kappa shape index (κ1) is 12.4. The van der Waals surface area contributed by atoms with Gasteiger partial charge in [-0.05, 0) is 37.8 Å². The molecule has 2 aliphatic heterocycles. The van der Waals surface area contributed by atoms with Crippen LogP contribution in [0.1, 0.15) is 36.0 Å². The zero-order valence-electron chi connectivity index (χ0n) is 11.5. The van der Waals surface area contributed by atoms with Gasteiger partial charge in [0.2, 0.25) is 0 Å². The van der Waals surface area contributed by atoms with Crippen molar-refractivity contribution in [2.75, 3.05) is 0 Å². The SMILES string of the molecule is O=C(c1cccc(-c2n[nH]c(=O)[nH]2)c1)N1C2CCC1CC2. The van der Waals surface area contributed by atoms with Crippen molar-refractivity contribution in [1.82, 2.24) is 20.1 Å². The molecule has 2 saturated heterocycles. The summed E-state index contributed by atoms with van der Waals surface area (Å²) in [7, 11) is 0. The van der Waals surface area contributed by atoms with Gasteiger partial charge in [-0.2, -0.15) is 5.10 Å². The van der Waals surface area contributed by atoms with Crippen LogP contribution in [0.15, 0.2) is 29.1 Å². The molecule has 2 aromatic rings. The third kappa shape index (κ3) is 1.98. The molecule has 3 heterocycles. The van der Waals surface area contributed by atoms with E-state index in [-0.39, 0.29) is 11.6 Å². The van der Waals surface area contributed by atoms with Gasteiger partial charge in [-0.3, -0.25) is 9.78 Å². The predicted molar refractivity (Wildman–Crippen MR) is 76.9 cm³/mol. The van der Waals surface area contributed by atoms with Crippen LogP contribution in [0, 0.1) is 0 Å². The van der Waals surface area contributed by atoms with Crippen LogP contribution in [-0.2, 0) is 0 Å². The van der Waals surface area contributed by atoms with E-state index in [0.29, 0.717) is 23.5 Å². The van der Waals surface area contributed by atoms with Crippen molar-refractivity contribution in [1.29, 1.82) is 0 Å². The first-order chi connectivity index (χ1) is 10.2. The summed E-state index contributed by atoms with van der Waals surface area (Å²) in [5.41, 5.74) is 1.06. The number of nitrogens with one attached hydrogen (secondary N) is 2. The molecule has 6 nitrogen and oxygen atoms in total. The third-order valence-corrected chi connectivity index (χ3v) is 4.57. The van der Waals surface area contributed by atoms with Gasteiger partial charge in [-0.15, -0.1) is 0 Å². The largest absolute Gasteiger partial charge is 0.340 e. The molecule has 2 N–H and O–H groups in total. The van der Waals surface area contributed by atoms with Crippen LogP contribution in [0.4, 0.5) is 0 Å². The second-order valence-corrected chi connectivity index (χ2v) is 5.78. The first-order valence-corrected chi connectivity index (χ1v) is 7.30. The zero-order chi connectivity index (χ0) is 14.4. The molecule has 0 atom stereocenters. The third-order valence-electron chi connectivity index (χ3n) is 4.57. The maximum atomic E-state index is 12.7. The average Bonchev–Trinajstić information content (AvgIpc) is 3.22. The Morgan fingerprint density at radius 1 is 1.19 bits per heavy atom. The maximum Gasteiger partial charge on any atom is 0.340 e. The number of benzene rings is 1. The fourth-order valence-electron chi connectivity index (χ4n) is 3.60. The Labute approximate surface area is 121 Å². The number of H-pyrrole nitrogens is 2. The second kappa shape index (κ2) is 4.58. The van der Waals surface area contributed by atoms with E-state index in [4.69, 9.17) is 0 Å². The molecule has 0 radical (unpaired) electrons. The predicted octanol–water partition coefficient (Wildman–Crippen LogP) is 1.53. The highest BCUT2D eigenvalue weighted by Crippen LogP contribution is 2.38. The van der Waals surface area contributed by atoms with Crippen LogP contribution in [0.5, 0.6) is 0 Å². The van der Waals surface area contributed by atoms with Crippen molar-refractivity contribution in [2.24, 2.45) is 0 Å². The Bertz CT molecular complexity index is 728. The summed E-state index contributed by atoms with van der Waals surface area (Å²) in [5.74, 6) is 0.554. The summed E-state index contributed by atoms with van der Waals surface area (Å²) in [5, 5.41) is 6.25. The van der Waals surface area contributed by atoms with E-state index in [9.17, 15) is 9.59 Å². The lowest BCUT2D eigenvalue weighted by molar-refractivity contribution is 0.0730. The average molecular weight is 284 g/mol. The lowest BCUT2D eigenvalue weighted by Gasteiger charge is -2.22. The topological polar surface area (TPSA) is 81.8 Å². The van der Waals surface area contributed by atoms with E-state index < -0.39 is 0 Å². The molecule has 0 spiro atoms. The van der Waals surface area contributed by atoms with Crippen LogP contribution in [0.3, 0.4) is 0 Å². The molecular formula is C15H16N4O2. The number of aromatic nitrogens is 3. The number of aromatic amines is 2. The molecule has 1 amide bonds. The molecule has 108 valence electrons. The van der Waals surface area contributed by atoms with Crippen molar-refractivity contribution >= 4 is 5.91 Å². The highest BCUT2D eigenvalue weighted by Gasteiger charge is 2.42. The molecule has 2 bridgehead atoms. The smallest absolute Gasteiger partial charge is 0.333 e. The van der Waals surface area contributed by atoms with Crippen molar-refractivity contribution in [3.05, 3.63) is 40.3 Å². The summed E-state index contributed by atoms with van der Waals surface area (Å²) >= 11 is 0. The number of fused-ring (bicyclic) bond motifs is 2. The Morgan fingerprint density at radius 2 is 1.90 bits per heavy atom. The number of rotatable bonds is 2.